The second-order valence-corrected chi connectivity index (χ2v) is 6.03. The van der Waals surface area contributed by atoms with Crippen LogP contribution in [0.4, 0.5) is 0 Å². The SMILES string of the molecule is COc1ccccc1CNC(=O)[C@H](C)OC(=O)COc1ccc(C(C)=O)cc1. The van der Waals surface area contributed by atoms with Crippen molar-refractivity contribution >= 4 is 17.7 Å². The van der Waals surface area contributed by atoms with E-state index in [2.05, 4.69) is 5.32 Å². The fourth-order valence-electron chi connectivity index (χ4n) is 2.39. The van der Waals surface area contributed by atoms with Crippen LogP contribution >= 0.6 is 0 Å². The van der Waals surface area contributed by atoms with Crippen LogP contribution in [0.1, 0.15) is 29.8 Å². The normalized spacial score (nSPS) is 11.2. The number of amides is 1. The van der Waals surface area contributed by atoms with Gasteiger partial charge in [-0.1, -0.05) is 18.2 Å². The molecule has 1 N–H and O–H groups in total. The molecule has 0 aliphatic carbocycles. The molecule has 0 aliphatic rings. The first-order valence-electron chi connectivity index (χ1n) is 8.73. The summed E-state index contributed by atoms with van der Waals surface area (Å²) in [6.45, 7) is 2.86. The summed E-state index contributed by atoms with van der Waals surface area (Å²) in [6, 6.07) is 13.7. The van der Waals surface area contributed by atoms with E-state index in [4.69, 9.17) is 14.2 Å². The van der Waals surface area contributed by atoms with Gasteiger partial charge in [-0.3, -0.25) is 9.59 Å². The Morgan fingerprint density at radius 3 is 2.36 bits per heavy atom. The number of hydrogen-bond donors (Lipinski definition) is 1. The molecule has 148 valence electrons. The number of methoxy groups -OCH3 is 1. The number of ether oxygens (including phenoxy) is 3. The minimum Gasteiger partial charge on any atom is -0.496 e. The molecule has 0 fully saturated rings. The van der Waals surface area contributed by atoms with Crippen LogP contribution in [0.25, 0.3) is 0 Å². The third kappa shape index (κ3) is 6.12. The van der Waals surface area contributed by atoms with Gasteiger partial charge in [0, 0.05) is 17.7 Å². The van der Waals surface area contributed by atoms with Gasteiger partial charge in [-0.05, 0) is 44.2 Å². The fraction of sp³-hybridized carbons (Fsp3) is 0.286. The molecular weight excluding hydrogens is 362 g/mol. The van der Waals surface area contributed by atoms with Gasteiger partial charge in [0.15, 0.2) is 18.5 Å². The molecule has 1 amide bonds. The van der Waals surface area contributed by atoms with Crippen molar-refractivity contribution in [3.05, 3.63) is 59.7 Å². The molecule has 0 saturated carbocycles. The number of carbonyl (C=O) groups excluding carboxylic acids is 3. The maximum absolute atomic E-state index is 12.1. The van der Waals surface area contributed by atoms with Crippen molar-refractivity contribution < 1.29 is 28.6 Å². The zero-order valence-corrected chi connectivity index (χ0v) is 16.1. The number of para-hydroxylation sites is 1. The van der Waals surface area contributed by atoms with Gasteiger partial charge in [-0.15, -0.1) is 0 Å². The van der Waals surface area contributed by atoms with Crippen molar-refractivity contribution in [3.8, 4) is 11.5 Å². The van der Waals surface area contributed by atoms with Crippen molar-refractivity contribution in [1.29, 1.82) is 0 Å². The van der Waals surface area contributed by atoms with Crippen molar-refractivity contribution in [1.82, 2.24) is 5.32 Å². The Hall–Kier alpha value is -3.35. The van der Waals surface area contributed by atoms with Crippen LogP contribution in [0, 0.1) is 0 Å². The van der Waals surface area contributed by atoms with E-state index in [9.17, 15) is 14.4 Å². The third-order valence-corrected chi connectivity index (χ3v) is 3.94. The summed E-state index contributed by atoms with van der Waals surface area (Å²) in [4.78, 5) is 35.2. The van der Waals surface area contributed by atoms with Crippen LogP contribution in [0.5, 0.6) is 11.5 Å². The van der Waals surface area contributed by atoms with Gasteiger partial charge in [-0.25, -0.2) is 4.79 Å². The van der Waals surface area contributed by atoms with E-state index in [0.717, 1.165) is 5.56 Å². The molecule has 0 spiro atoms. The Balaban J connectivity index is 1.77. The van der Waals surface area contributed by atoms with Gasteiger partial charge < -0.3 is 19.5 Å². The maximum Gasteiger partial charge on any atom is 0.344 e. The first-order chi connectivity index (χ1) is 13.4. The van der Waals surface area contributed by atoms with Crippen LogP contribution in [-0.2, 0) is 20.9 Å². The van der Waals surface area contributed by atoms with E-state index in [1.54, 1.807) is 37.4 Å². The fourth-order valence-corrected chi connectivity index (χ4v) is 2.39. The molecule has 2 aromatic carbocycles. The van der Waals surface area contributed by atoms with E-state index in [-0.39, 0.29) is 18.9 Å². The number of esters is 1. The number of ketones is 1. The Labute approximate surface area is 163 Å². The predicted molar refractivity (Wildman–Crippen MR) is 102 cm³/mol. The van der Waals surface area contributed by atoms with E-state index in [0.29, 0.717) is 17.1 Å². The van der Waals surface area contributed by atoms with Crippen LogP contribution in [0.2, 0.25) is 0 Å². The summed E-state index contributed by atoms with van der Waals surface area (Å²) in [5.41, 5.74) is 1.37. The highest BCUT2D eigenvalue weighted by Crippen LogP contribution is 2.17. The summed E-state index contributed by atoms with van der Waals surface area (Å²) in [6.07, 6.45) is -0.967. The zero-order valence-electron chi connectivity index (χ0n) is 16.1. The molecule has 0 aromatic heterocycles. The maximum atomic E-state index is 12.1. The third-order valence-electron chi connectivity index (χ3n) is 3.94. The Kier molecular flexibility index (Phi) is 7.56. The molecular formula is C21H23NO6. The minimum absolute atomic E-state index is 0.0566. The highest BCUT2D eigenvalue weighted by molar-refractivity contribution is 5.94. The van der Waals surface area contributed by atoms with Gasteiger partial charge in [0.2, 0.25) is 0 Å². The smallest absolute Gasteiger partial charge is 0.344 e. The molecule has 0 aliphatic heterocycles. The Morgan fingerprint density at radius 2 is 1.71 bits per heavy atom. The summed E-state index contributed by atoms with van der Waals surface area (Å²) in [7, 11) is 1.55. The quantitative estimate of drug-likeness (QED) is 0.527. The first-order valence-corrected chi connectivity index (χ1v) is 8.73. The van der Waals surface area contributed by atoms with Gasteiger partial charge >= 0.3 is 5.97 Å². The second kappa shape index (κ2) is 10.1. The Morgan fingerprint density at radius 1 is 1.04 bits per heavy atom. The molecule has 0 heterocycles. The highest BCUT2D eigenvalue weighted by Gasteiger charge is 2.18. The van der Waals surface area contributed by atoms with Crippen molar-refractivity contribution in [3.63, 3.8) is 0 Å². The summed E-state index contributed by atoms with van der Waals surface area (Å²) in [5.74, 6) is -0.0635. The van der Waals surface area contributed by atoms with Gasteiger partial charge in [0.05, 0.1) is 7.11 Å². The summed E-state index contributed by atoms with van der Waals surface area (Å²) in [5, 5.41) is 2.70. The lowest BCUT2D eigenvalue weighted by Crippen LogP contribution is -2.36. The molecule has 0 saturated heterocycles. The van der Waals surface area contributed by atoms with Gasteiger partial charge in [-0.2, -0.15) is 0 Å². The number of benzene rings is 2. The molecule has 7 heteroatoms. The molecule has 0 radical (unpaired) electrons. The lowest BCUT2D eigenvalue weighted by atomic mass is 10.1. The molecule has 7 nitrogen and oxygen atoms in total. The largest absolute Gasteiger partial charge is 0.496 e. The van der Waals surface area contributed by atoms with Crippen LogP contribution in [-0.4, -0.2) is 37.5 Å². The van der Waals surface area contributed by atoms with E-state index >= 15 is 0 Å². The molecule has 0 unspecified atom stereocenters. The van der Waals surface area contributed by atoms with E-state index in [1.807, 2.05) is 18.2 Å². The first kappa shape index (κ1) is 21.0. The molecule has 28 heavy (non-hydrogen) atoms. The lowest BCUT2D eigenvalue weighted by Gasteiger charge is -2.15. The van der Waals surface area contributed by atoms with Gasteiger partial charge in [0.25, 0.3) is 5.91 Å². The van der Waals surface area contributed by atoms with E-state index < -0.39 is 18.0 Å². The molecule has 1 atom stereocenters. The minimum atomic E-state index is -0.967. The lowest BCUT2D eigenvalue weighted by molar-refractivity contribution is -0.156. The van der Waals surface area contributed by atoms with Gasteiger partial charge in [0.1, 0.15) is 11.5 Å². The van der Waals surface area contributed by atoms with Crippen molar-refractivity contribution in [2.75, 3.05) is 13.7 Å². The van der Waals surface area contributed by atoms with Crippen molar-refractivity contribution in [2.45, 2.75) is 26.5 Å². The standard InChI is InChI=1S/C21H23NO6/c1-14(23)16-8-10-18(11-9-16)27-13-20(24)28-15(2)21(25)22-12-17-6-4-5-7-19(17)26-3/h4-11,15H,12-13H2,1-3H3,(H,22,25)/t15-/m0/s1. The molecule has 0 bridgehead atoms. The average molecular weight is 385 g/mol. The highest BCUT2D eigenvalue weighted by atomic mass is 16.6. The van der Waals surface area contributed by atoms with Crippen LogP contribution in [0.15, 0.2) is 48.5 Å². The Bertz CT molecular complexity index is 831. The molecule has 2 rings (SSSR count). The molecule has 2 aromatic rings. The second-order valence-electron chi connectivity index (χ2n) is 6.03. The van der Waals surface area contributed by atoms with Crippen LogP contribution < -0.4 is 14.8 Å². The number of carbonyl (C=O) groups is 3. The van der Waals surface area contributed by atoms with Crippen LogP contribution in [0.3, 0.4) is 0 Å². The summed E-state index contributed by atoms with van der Waals surface area (Å²) < 4.78 is 15.6. The number of Topliss-reactive ketones (excluding diaryl/α,β-unsaturated/α-hetero) is 1. The predicted octanol–water partition coefficient (Wildman–Crippen LogP) is 2.52. The monoisotopic (exact) mass is 385 g/mol. The number of hydrogen-bond acceptors (Lipinski definition) is 6. The average Bonchev–Trinajstić information content (AvgIpc) is 2.70. The summed E-state index contributed by atoms with van der Waals surface area (Å²) >= 11 is 0. The topological polar surface area (TPSA) is 90.9 Å². The van der Waals surface area contributed by atoms with Crippen molar-refractivity contribution in [2.24, 2.45) is 0 Å². The van der Waals surface area contributed by atoms with E-state index in [1.165, 1.54) is 13.8 Å². The number of rotatable bonds is 9. The zero-order chi connectivity index (χ0) is 20.5. The number of nitrogens with one attached hydrogen (secondary N) is 1.